The SMILES string of the molecule is COC(=O)[C@@H](NC(=O)[C@H](CSC(C)=O)NC(=O)OC(C)(C)C)[C@@H](C)O. The number of aliphatic hydroxyl groups excluding tert-OH is 1. The molecule has 0 aliphatic heterocycles. The smallest absolute Gasteiger partial charge is 0.408 e. The summed E-state index contributed by atoms with van der Waals surface area (Å²) in [7, 11) is 1.12. The van der Waals surface area contributed by atoms with Gasteiger partial charge in [0.25, 0.3) is 0 Å². The van der Waals surface area contributed by atoms with Crippen molar-refractivity contribution < 1.29 is 33.8 Å². The summed E-state index contributed by atoms with van der Waals surface area (Å²) in [6.45, 7) is 7.61. The predicted octanol–water partition coefficient (Wildman–Crippen LogP) is 0.198. The zero-order valence-electron chi connectivity index (χ0n) is 15.2. The summed E-state index contributed by atoms with van der Waals surface area (Å²) in [6, 6.07) is -2.45. The maximum Gasteiger partial charge on any atom is 0.408 e. The molecule has 10 heteroatoms. The second-order valence-corrected chi connectivity index (χ2v) is 7.45. The number of carbonyl (C=O) groups excluding carboxylic acids is 4. The summed E-state index contributed by atoms with van der Waals surface area (Å²) in [5.74, 6) is -1.65. The zero-order valence-corrected chi connectivity index (χ0v) is 16.1. The minimum atomic E-state index is -1.30. The van der Waals surface area contributed by atoms with Crippen LogP contribution < -0.4 is 10.6 Å². The third kappa shape index (κ3) is 9.92. The predicted molar refractivity (Wildman–Crippen MR) is 91.9 cm³/mol. The molecule has 25 heavy (non-hydrogen) atoms. The number of rotatable bonds is 7. The van der Waals surface area contributed by atoms with E-state index in [4.69, 9.17) is 4.74 Å². The van der Waals surface area contributed by atoms with Gasteiger partial charge in [-0.2, -0.15) is 0 Å². The highest BCUT2D eigenvalue weighted by atomic mass is 32.2. The largest absolute Gasteiger partial charge is 0.467 e. The molecule has 0 radical (unpaired) electrons. The number of hydrogen-bond acceptors (Lipinski definition) is 8. The molecule has 0 fully saturated rings. The average Bonchev–Trinajstić information content (AvgIpc) is 2.45. The van der Waals surface area contributed by atoms with Crippen LogP contribution in [0.3, 0.4) is 0 Å². The standard InChI is InChI=1S/C15H26N2O7S/c1-8(18)11(13(21)23-6)17-12(20)10(7-25-9(2)19)16-14(22)24-15(3,4)5/h8,10-11,18H,7H2,1-6H3,(H,16,22)(H,17,20)/t8-,10+,11+/m1/s1. The summed E-state index contributed by atoms with van der Waals surface area (Å²) in [4.78, 5) is 47.0. The number of aliphatic hydroxyl groups is 1. The first-order chi connectivity index (χ1) is 11.4. The molecular formula is C15H26N2O7S. The molecule has 0 spiro atoms. The quantitative estimate of drug-likeness (QED) is 0.535. The highest BCUT2D eigenvalue weighted by Gasteiger charge is 2.31. The molecule has 144 valence electrons. The third-order valence-corrected chi connectivity index (χ3v) is 3.60. The monoisotopic (exact) mass is 378 g/mol. The van der Waals surface area contributed by atoms with E-state index in [0.29, 0.717) is 0 Å². The Kier molecular flexibility index (Phi) is 9.50. The van der Waals surface area contributed by atoms with E-state index in [2.05, 4.69) is 15.4 Å². The molecule has 0 heterocycles. The van der Waals surface area contributed by atoms with Gasteiger partial charge in [0.2, 0.25) is 5.91 Å². The van der Waals surface area contributed by atoms with Gasteiger partial charge in [-0.3, -0.25) is 9.59 Å². The van der Waals surface area contributed by atoms with Crippen molar-refractivity contribution >= 4 is 34.8 Å². The Bertz CT molecular complexity index is 503. The van der Waals surface area contributed by atoms with Crippen molar-refractivity contribution in [3.63, 3.8) is 0 Å². The van der Waals surface area contributed by atoms with Crippen LogP contribution in [0.4, 0.5) is 4.79 Å². The fourth-order valence-electron chi connectivity index (χ4n) is 1.59. The van der Waals surface area contributed by atoms with Crippen LogP contribution in [0, 0.1) is 0 Å². The Morgan fingerprint density at radius 3 is 2.12 bits per heavy atom. The van der Waals surface area contributed by atoms with E-state index in [1.54, 1.807) is 20.8 Å². The van der Waals surface area contributed by atoms with Crippen LogP contribution >= 0.6 is 11.8 Å². The molecule has 0 aliphatic rings. The summed E-state index contributed by atoms with van der Waals surface area (Å²) < 4.78 is 9.60. The van der Waals surface area contributed by atoms with Gasteiger partial charge in [-0.1, -0.05) is 11.8 Å². The van der Waals surface area contributed by atoms with Gasteiger partial charge in [-0.25, -0.2) is 9.59 Å². The first kappa shape index (κ1) is 23.2. The molecule has 2 amide bonds. The van der Waals surface area contributed by atoms with Gasteiger partial charge in [0.15, 0.2) is 11.2 Å². The lowest BCUT2D eigenvalue weighted by Crippen LogP contribution is -2.56. The van der Waals surface area contributed by atoms with E-state index in [-0.39, 0.29) is 10.9 Å². The maximum absolute atomic E-state index is 12.4. The van der Waals surface area contributed by atoms with Crippen molar-refractivity contribution in [3.05, 3.63) is 0 Å². The van der Waals surface area contributed by atoms with Crippen molar-refractivity contribution in [2.45, 2.75) is 58.4 Å². The Hall–Kier alpha value is -1.81. The molecule has 0 unspecified atom stereocenters. The van der Waals surface area contributed by atoms with Gasteiger partial charge >= 0.3 is 12.1 Å². The van der Waals surface area contributed by atoms with E-state index in [0.717, 1.165) is 18.9 Å². The van der Waals surface area contributed by atoms with Crippen molar-refractivity contribution in [1.29, 1.82) is 0 Å². The molecule has 0 aliphatic carbocycles. The highest BCUT2D eigenvalue weighted by molar-refractivity contribution is 8.13. The average molecular weight is 378 g/mol. The lowest BCUT2D eigenvalue weighted by atomic mass is 10.1. The van der Waals surface area contributed by atoms with Crippen molar-refractivity contribution in [3.8, 4) is 0 Å². The van der Waals surface area contributed by atoms with Crippen molar-refractivity contribution in [2.24, 2.45) is 0 Å². The molecule has 0 bridgehead atoms. The van der Waals surface area contributed by atoms with Gasteiger partial charge < -0.3 is 25.2 Å². The Labute approximate surface area is 151 Å². The lowest BCUT2D eigenvalue weighted by Gasteiger charge is -2.25. The minimum Gasteiger partial charge on any atom is -0.467 e. The van der Waals surface area contributed by atoms with E-state index < -0.39 is 41.8 Å². The Morgan fingerprint density at radius 2 is 1.72 bits per heavy atom. The first-order valence-corrected chi connectivity index (χ1v) is 8.55. The van der Waals surface area contributed by atoms with Crippen molar-refractivity contribution in [2.75, 3.05) is 12.9 Å². The van der Waals surface area contributed by atoms with Gasteiger partial charge in [-0.15, -0.1) is 0 Å². The van der Waals surface area contributed by atoms with Gasteiger partial charge in [0.1, 0.15) is 11.6 Å². The number of thioether (sulfide) groups is 1. The topological polar surface area (TPSA) is 131 Å². The van der Waals surface area contributed by atoms with Crippen LogP contribution in [0.5, 0.6) is 0 Å². The van der Waals surface area contributed by atoms with E-state index >= 15 is 0 Å². The molecule has 0 rings (SSSR count). The number of nitrogens with one attached hydrogen (secondary N) is 2. The molecule has 3 N–H and O–H groups in total. The molecule has 9 nitrogen and oxygen atoms in total. The fourth-order valence-corrected chi connectivity index (χ4v) is 2.23. The number of methoxy groups -OCH3 is 1. The molecule has 0 aromatic carbocycles. The van der Waals surface area contributed by atoms with Crippen LogP contribution in [0.15, 0.2) is 0 Å². The molecule has 0 aromatic heterocycles. The Morgan fingerprint density at radius 1 is 1.16 bits per heavy atom. The maximum atomic E-state index is 12.4. The molecule has 3 atom stereocenters. The summed E-state index contributed by atoms with van der Waals surface area (Å²) in [5, 5.41) is 14.0. The van der Waals surface area contributed by atoms with Crippen LogP contribution in [0.25, 0.3) is 0 Å². The summed E-state index contributed by atoms with van der Waals surface area (Å²) in [5.41, 5.74) is -0.771. The summed E-state index contributed by atoms with van der Waals surface area (Å²) in [6.07, 6.45) is -2.05. The number of ether oxygens (including phenoxy) is 2. The van der Waals surface area contributed by atoms with Gasteiger partial charge in [-0.05, 0) is 27.7 Å². The van der Waals surface area contributed by atoms with Crippen LogP contribution in [-0.2, 0) is 23.9 Å². The van der Waals surface area contributed by atoms with E-state index in [9.17, 15) is 24.3 Å². The molecule has 0 saturated heterocycles. The first-order valence-electron chi connectivity index (χ1n) is 7.56. The van der Waals surface area contributed by atoms with Crippen LogP contribution in [0.1, 0.15) is 34.6 Å². The second-order valence-electron chi connectivity index (χ2n) is 6.25. The second kappa shape index (κ2) is 10.2. The Balaban J connectivity index is 5.11. The number of carbonyl (C=O) groups is 4. The number of esters is 1. The summed E-state index contributed by atoms with van der Waals surface area (Å²) >= 11 is 0.829. The van der Waals surface area contributed by atoms with Crippen LogP contribution in [-0.4, -0.2) is 64.8 Å². The number of amides is 2. The van der Waals surface area contributed by atoms with Crippen LogP contribution in [0.2, 0.25) is 0 Å². The number of alkyl carbamates (subject to hydrolysis) is 1. The molecular weight excluding hydrogens is 352 g/mol. The van der Waals surface area contributed by atoms with E-state index in [1.807, 2.05) is 0 Å². The van der Waals surface area contributed by atoms with Crippen molar-refractivity contribution in [1.82, 2.24) is 10.6 Å². The van der Waals surface area contributed by atoms with Gasteiger partial charge in [0, 0.05) is 12.7 Å². The zero-order chi connectivity index (χ0) is 19.8. The fraction of sp³-hybridized carbons (Fsp3) is 0.733. The highest BCUT2D eigenvalue weighted by Crippen LogP contribution is 2.09. The normalized spacial score (nSPS) is 14.7. The third-order valence-electron chi connectivity index (χ3n) is 2.70. The van der Waals surface area contributed by atoms with E-state index in [1.165, 1.54) is 13.8 Å². The lowest BCUT2D eigenvalue weighted by molar-refractivity contribution is -0.148. The van der Waals surface area contributed by atoms with Gasteiger partial charge in [0.05, 0.1) is 13.2 Å². The minimum absolute atomic E-state index is 0.0614. The number of hydrogen-bond donors (Lipinski definition) is 3. The molecule has 0 aromatic rings. The molecule has 0 saturated carbocycles.